The first-order valence-electron chi connectivity index (χ1n) is 4.10. The maximum Gasteiger partial charge on any atom is 0.0785 e. The second-order valence-corrected chi connectivity index (χ2v) is 4.21. The zero-order valence-corrected chi connectivity index (χ0v) is 7.25. The number of halogens is 1. The molecule has 0 heterocycles. The Balaban J connectivity index is 2.24. The van der Waals surface area contributed by atoms with Crippen molar-refractivity contribution in [2.24, 2.45) is 22.9 Å². The lowest BCUT2D eigenvalue weighted by Gasteiger charge is -2.22. The van der Waals surface area contributed by atoms with Crippen molar-refractivity contribution in [2.75, 3.05) is 0 Å². The van der Waals surface area contributed by atoms with Crippen LogP contribution in [-0.4, -0.2) is 16.3 Å². The van der Waals surface area contributed by atoms with Crippen molar-refractivity contribution in [3.05, 3.63) is 0 Å². The van der Waals surface area contributed by atoms with Gasteiger partial charge in [-0.1, -0.05) is 12.1 Å². The van der Waals surface area contributed by atoms with Crippen molar-refractivity contribution < 1.29 is 5.21 Å². The molecule has 0 amide bonds. The number of alkyl halides is 1. The van der Waals surface area contributed by atoms with Crippen LogP contribution in [0.25, 0.3) is 0 Å². The molecular weight excluding hydrogens is 162 g/mol. The van der Waals surface area contributed by atoms with Crippen LogP contribution in [0, 0.1) is 17.8 Å². The average Bonchev–Trinajstić information content (AvgIpc) is 2.44. The lowest BCUT2D eigenvalue weighted by Crippen LogP contribution is -2.27. The van der Waals surface area contributed by atoms with Crippen LogP contribution < -0.4 is 0 Å². The number of hydrogen-bond donors (Lipinski definition) is 1. The van der Waals surface area contributed by atoms with E-state index in [1.807, 2.05) is 0 Å². The van der Waals surface area contributed by atoms with E-state index in [1.54, 1.807) is 0 Å². The van der Waals surface area contributed by atoms with Gasteiger partial charge in [0.05, 0.1) is 11.1 Å². The maximum absolute atomic E-state index is 8.65. The average molecular weight is 174 g/mol. The van der Waals surface area contributed by atoms with Crippen LogP contribution in [0.15, 0.2) is 5.16 Å². The van der Waals surface area contributed by atoms with Gasteiger partial charge in [-0.05, 0) is 24.7 Å². The van der Waals surface area contributed by atoms with E-state index < -0.39 is 0 Å². The zero-order valence-electron chi connectivity index (χ0n) is 6.50. The molecule has 0 aliphatic heterocycles. The van der Waals surface area contributed by atoms with E-state index in [9.17, 15) is 0 Å². The molecule has 4 unspecified atom stereocenters. The highest BCUT2D eigenvalue weighted by atomic mass is 35.5. The third kappa shape index (κ3) is 0.886. The topological polar surface area (TPSA) is 32.6 Å². The molecule has 0 aromatic heterocycles. The lowest BCUT2D eigenvalue weighted by atomic mass is 9.89. The first-order chi connectivity index (χ1) is 5.24. The molecule has 2 saturated carbocycles. The maximum atomic E-state index is 8.65. The van der Waals surface area contributed by atoms with Crippen LogP contribution in [0.2, 0.25) is 0 Å². The minimum atomic E-state index is 0.00810. The van der Waals surface area contributed by atoms with E-state index in [1.165, 1.54) is 0 Å². The zero-order chi connectivity index (χ0) is 8.01. The summed E-state index contributed by atoms with van der Waals surface area (Å²) >= 11 is 6.08. The Labute approximate surface area is 71.2 Å². The Kier molecular flexibility index (Phi) is 1.60. The summed E-state index contributed by atoms with van der Waals surface area (Å²) in [6.07, 6.45) is 2.29. The van der Waals surface area contributed by atoms with Gasteiger partial charge < -0.3 is 5.21 Å². The fourth-order valence-electron chi connectivity index (χ4n) is 2.51. The number of nitrogens with zero attached hydrogens (tertiary/aromatic N) is 1. The number of rotatable bonds is 0. The Morgan fingerprint density at radius 2 is 2.27 bits per heavy atom. The van der Waals surface area contributed by atoms with Gasteiger partial charge in [0.2, 0.25) is 0 Å². The van der Waals surface area contributed by atoms with Crippen molar-refractivity contribution >= 4 is 17.3 Å². The monoisotopic (exact) mass is 173 g/mol. The molecule has 2 bridgehead atoms. The lowest BCUT2D eigenvalue weighted by molar-refractivity contribution is 0.311. The predicted octanol–water partition coefficient (Wildman–Crippen LogP) is 2.10. The third-order valence-electron chi connectivity index (χ3n) is 3.14. The molecule has 0 aromatic rings. The molecule has 4 atom stereocenters. The minimum Gasteiger partial charge on any atom is -0.411 e. The van der Waals surface area contributed by atoms with Crippen LogP contribution in [0.1, 0.15) is 19.8 Å². The number of oxime groups is 1. The summed E-state index contributed by atoms with van der Waals surface area (Å²) in [6.45, 7) is 2.23. The van der Waals surface area contributed by atoms with Crippen molar-refractivity contribution in [2.45, 2.75) is 25.1 Å². The third-order valence-corrected chi connectivity index (χ3v) is 3.68. The molecule has 11 heavy (non-hydrogen) atoms. The molecule has 3 heteroatoms. The summed E-state index contributed by atoms with van der Waals surface area (Å²) in [4.78, 5) is 0. The molecule has 2 rings (SSSR count). The van der Waals surface area contributed by atoms with E-state index in [2.05, 4.69) is 12.1 Å². The second-order valence-electron chi connectivity index (χ2n) is 3.74. The Bertz CT molecular complexity index is 200. The first kappa shape index (κ1) is 7.41. The summed E-state index contributed by atoms with van der Waals surface area (Å²) in [5.74, 6) is 1.75. The highest BCUT2D eigenvalue weighted by Crippen LogP contribution is 2.48. The van der Waals surface area contributed by atoms with Gasteiger partial charge in [0.15, 0.2) is 0 Å². The normalized spacial score (nSPS) is 52.4. The highest BCUT2D eigenvalue weighted by Gasteiger charge is 2.48. The molecule has 2 aliphatic rings. The number of hydrogen-bond acceptors (Lipinski definition) is 2. The summed E-state index contributed by atoms with van der Waals surface area (Å²) in [5.41, 5.74) is 0.828. The van der Waals surface area contributed by atoms with Crippen LogP contribution >= 0.6 is 11.6 Å². The molecule has 2 aliphatic carbocycles. The standard InChI is InChI=1S/C8H12ClNO/c1-4-2-5-3-6(4)7(9)8(5)10-11/h4-7,11H,2-3H2,1H3/b10-8-. The second kappa shape index (κ2) is 2.37. The Morgan fingerprint density at radius 3 is 2.73 bits per heavy atom. The van der Waals surface area contributed by atoms with Crippen molar-refractivity contribution in [1.29, 1.82) is 0 Å². The van der Waals surface area contributed by atoms with Gasteiger partial charge in [0.1, 0.15) is 0 Å². The summed E-state index contributed by atoms with van der Waals surface area (Å²) < 4.78 is 0. The number of fused-ring (bicyclic) bond motifs is 2. The van der Waals surface area contributed by atoms with Crippen molar-refractivity contribution in [3.8, 4) is 0 Å². The smallest absolute Gasteiger partial charge is 0.0785 e. The largest absolute Gasteiger partial charge is 0.411 e. The molecule has 0 aromatic carbocycles. The van der Waals surface area contributed by atoms with E-state index in [-0.39, 0.29) is 5.38 Å². The fourth-order valence-corrected chi connectivity index (χ4v) is 3.08. The van der Waals surface area contributed by atoms with Crippen molar-refractivity contribution in [1.82, 2.24) is 0 Å². The molecule has 0 spiro atoms. The van der Waals surface area contributed by atoms with E-state index in [0.717, 1.165) is 18.6 Å². The Morgan fingerprint density at radius 1 is 1.55 bits per heavy atom. The van der Waals surface area contributed by atoms with Gasteiger partial charge >= 0.3 is 0 Å². The van der Waals surface area contributed by atoms with Gasteiger partial charge in [0.25, 0.3) is 0 Å². The molecule has 0 saturated heterocycles. The van der Waals surface area contributed by atoms with Gasteiger partial charge in [-0.25, -0.2) is 0 Å². The van der Waals surface area contributed by atoms with E-state index in [0.29, 0.717) is 17.8 Å². The van der Waals surface area contributed by atoms with E-state index >= 15 is 0 Å². The molecular formula is C8H12ClNO. The van der Waals surface area contributed by atoms with Crippen LogP contribution in [0.4, 0.5) is 0 Å². The Hall–Kier alpha value is -0.240. The van der Waals surface area contributed by atoms with Crippen LogP contribution in [0.5, 0.6) is 0 Å². The molecule has 62 valence electrons. The molecule has 2 nitrogen and oxygen atoms in total. The molecule has 0 radical (unpaired) electrons. The van der Waals surface area contributed by atoms with Crippen molar-refractivity contribution in [3.63, 3.8) is 0 Å². The fraction of sp³-hybridized carbons (Fsp3) is 0.875. The highest BCUT2D eigenvalue weighted by molar-refractivity contribution is 6.33. The summed E-state index contributed by atoms with van der Waals surface area (Å²) in [7, 11) is 0. The van der Waals surface area contributed by atoms with Gasteiger partial charge in [0, 0.05) is 5.92 Å². The summed E-state index contributed by atoms with van der Waals surface area (Å²) in [5, 5.41) is 11.9. The van der Waals surface area contributed by atoms with Gasteiger partial charge in [-0.15, -0.1) is 11.6 Å². The van der Waals surface area contributed by atoms with Gasteiger partial charge in [-0.3, -0.25) is 0 Å². The quantitative estimate of drug-likeness (QED) is 0.340. The predicted molar refractivity (Wildman–Crippen MR) is 44.2 cm³/mol. The van der Waals surface area contributed by atoms with Crippen LogP contribution in [-0.2, 0) is 0 Å². The summed E-state index contributed by atoms with van der Waals surface area (Å²) in [6, 6.07) is 0. The molecule has 1 N–H and O–H groups in total. The van der Waals surface area contributed by atoms with Crippen LogP contribution in [0.3, 0.4) is 0 Å². The minimum absolute atomic E-state index is 0.00810. The SMILES string of the molecule is CC1CC2CC1C(Cl)/C2=N\O. The van der Waals surface area contributed by atoms with Gasteiger partial charge in [-0.2, -0.15) is 0 Å². The molecule has 2 fully saturated rings. The first-order valence-corrected chi connectivity index (χ1v) is 4.53. The van der Waals surface area contributed by atoms with E-state index in [4.69, 9.17) is 16.8 Å².